The van der Waals surface area contributed by atoms with E-state index in [0.717, 1.165) is 5.56 Å². The Hall–Kier alpha value is -1.52. The van der Waals surface area contributed by atoms with Gasteiger partial charge in [-0.15, -0.1) is 0 Å². The molecule has 0 aliphatic rings. The first-order valence-corrected chi connectivity index (χ1v) is 6.93. The van der Waals surface area contributed by atoms with E-state index in [2.05, 4.69) is 0 Å². The first-order chi connectivity index (χ1) is 8.70. The van der Waals surface area contributed by atoms with Gasteiger partial charge in [0.1, 0.15) is 5.82 Å². The van der Waals surface area contributed by atoms with Crippen LogP contribution in [0, 0.1) is 5.82 Å². The van der Waals surface area contributed by atoms with Crippen molar-refractivity contribution < 1.29 is 8.60 Å². The van der Waals surface area contributed by atoms with Gasteiger partial charge in [0, 0.05) is 17.0 Å². The van der Waals surface area contributed by atoms with Crippen molar-refractivity contribution in [2.75, 3.05) is 0 Å². The molecule has 94 valence electrons. The zero-order valence-electron chi connectivity index (χ0n) is 9.80. The van der Waals surface area contributed by atoms with E-state index in [1.807, 2.05) is 18.2 Å². The van der Waals surface area contributed by atoms with Crippen LogP contribution >= 0.6 is 0 Å². The molecule has 0 saturated heterocycles. The molecule has 0 amide bonds. The molecule has 2 rings (SSSR count). The van der Waals surface area contributed by atoms with E-state index in [4.69, 9.17) is 5.73 Å². The number of nitrogens with two attached hydrogens (primary N) is 1. The average Bonchev–Trinajstić information content (AvgIpc) is 2.42. The Morgan fingerprint density at radius 1 is 1.11 bits per heavy atom. The molecule has 2 N–H and O–H groups in total. The molecule has 1 unspecified atom stereocenters. The molecule has 4 heteroatoms. The lowest BCUT2D eigenvalue weighted by molar-refractivity contribution is 0.614. The summed E-state index contributed by atoms with van der Waals surface area (Å²) in [5, 5.41) is 0. The van der Waals surface area contributed by atoms with Crippen molar-refractivity contribution in [1.29, 1.82) is 0 Å². The maximum Gasteiger partial charge on any atom is 0.127 e. The minimum absolute atomic E-state index is 0.170. The molecule has 0 fully saturated rings. The third kappa shape index (κ3) is 3.03. The van der Waals surface area contributed by atoms with Crippen LogP contribution in [0.25, 0.3) is 0 Å². The highest BCUT2D eigenvalue weighted by atomic mass is 32.2. The van der Waals surface area contributed by atoms with Crippen LogP contribution in [0.15, 0.2) is 53.4 Å². The minimum Gasteiger partial charge on any atom is -0.326 e. The number of benzene rings is 2. The van der Waals surface area contributed by atoms with Gasteiger partial charge in [0.25, 0.3) is 0 Å². The van der Waals surface area contributed by atoms with Crippen molar-refractivity contribution in [3.8, 4) is 0 Å². The number of rotatable bonds is 4. The number of halogens is 1. The first kappa shape index (κ1) is 12.9. The highest BCUT2D eigenvalue weighted by molar-refractivity contribution is 7.84. The van der Waals surface area contributed by atoms with Crippen molar-refractivity contribution in [3.63, 3.8) is 0 Å². The maximum absolute atomic E-state index is 13.6. The molecule has 0 aliphatic heterocycles. The highest BCUT2D eigenvalue weighted by Crippen LogP contribution is 2.16. The van der Waals surface area contributed by atoms with Gasteiger partial charge < -0.3 is 5.73 Å². The SMILES string of the molecule is NCc1ccc(F)c(CS(=O)c2ccccc2)c1. The summed E-state index contributed by atoms with van der Waals surface area (Å²) in [4.78, 5) is 0.704. The Morgan fingerprint density at radius 3 is 2.50 bits per heavy atom. The summed E-state index contributed by atoms with van der Waals surface area (Å²) in [5.74, 6) is -0.166. The number of hydrogen-bond acceptors (Lipinski definition) is 2. The van der Waals surface area contributed by atoms with Gasteiger partial charge in [-0.1, -0.05) is 30.3 Å². The molecular weight excluding hydrogens is 249 g/mol. The summed E-state index contributed by atoms with van der Waals surface area (Å²) < 4.78 is 25.7. The molecule has 2 aromatic carbocycles. The largest absolute Gasteiger partial charge is 0.326 e. The summed E-state index contributed by atoms with van der Waals surface area (Å²) in [6.07, 6.45) is 0. The van der Waals surface area contributed by atoms with Crippen LogP contribution in [-0.2, 0) is 23.1 Å². The van der Waals surface area contributed by atoms with E-state index in [1.165, 1.54) is 6.07 Å². The van der Waals surface area contributed by atoms with Crippen LogP contribution in [0.1, 0.15) is 11.1 Å². The zero-order valence-corrected chi connectivity index (χ0v) is 10.6. The van der Waals surface area contributed by atoms with Gasteiger partial charge >= 0.3 is 0 Å². The minimum atomic E-state index is -1.24. The smallest absolute Gasteiger partial charge is 0.127 e. The van der Waals surface area contributed by atoms with Crippen LogP contribution in [0.5, 0.6) is 0 Å². The normalized spacial score (nSPS) is 12.3. The molecule has 0 aromatic heterocycles. The molecule has 0 spiro atoms. The standard InChI is InChI=1S/C14H14FNOS/c15-14-7-6-11(9-16)8-12(14)10-18(17)13-4-2-1-3-5-13/h1-8H,9-10,16H2. The van der Waals surface area contributed by atoms with E-state index < -0.39 is 10.8 Å². The fourth-order valence-electron chi connectivity index (χ4n) is 1.66. The summed E-state index contributed by atoms with van der Waals surface area (Å²) in [6.45, 7) is 0.352. The van der Waals surface area contributed by atoms with Crippen molar-refractivity contribution in [1.82, 2.24) is 0 Å². The van der Waals surface area contributed by atoms with Crippen LogP contribution in [0.3, 0.4) is 0 Å². The lowest BCUT2D eigenvalue weighted by Crippen LogP contribution is -2.02. The second kappa shape index (κ2) is 5.89. The molecule has 0 bridgehead atoms. The van der Waals surface area contributed by atoms with Gasteiger partial charge in [-0.25, -0.2) is 4.39 Å². The van der Waals surface area contributed by atoms with Gasteiger partial charge in [-0.2, -0.15) is 0 Å². The second-order valence-corrected chi connectivity index (χ2v) is 5.38. The molecule has 0 saturated carbocycles. The third-order valence-electron chi connectivity index (χ3n) is 2.64. The van der Waals surface area contributed by atoms with E-state index in [1.54, 1.807) is 24.3 Å². The fourth-order valence-corrected chi connectivity index (χ4v) is 2.79. The second-order valence-electron chi connectivity index (χ2n) is 3.93. The predicted molar refractivity (Wildman–Crippen MR) is 70.8 cm³/mol. The van der Waals surface area contributed by atoms with Crippen LogP contribution < -0.4 is 5.73 Å². The lowest BCUT2D eigenvalue weighted by atomic mass is 10.1. The molecule has 2 nitrogen and oxygen atoms in total. The van der Waals surface area contributed by atoms with Crippen LogP contribution in [-0.4, -0.2) is 4.21 Å². The van der Waals surface area contributed by atoms with Crippen molar-refractivity contribution >= 4 is 10.8 Å². The topological polar surface area (TPSA) is 43.1 Å². The van der Waals surface area contributed by atoms with Crippen LogP contribution in [0.2, 0.25) is 0 Å². The van der Waals surface area contributed by atoms with Crippen molar-refractivity contribution in [2.45, 2.75) is 17.2 Å². The molecule has 0 radical (unpaired) electrons. The Labute approximate surface area is 108 Å². The summed E-state index contributed by atoms with van der Waals surface area (Å²) in [7, 11) is -1.24. The van der Waals surface area contributed by atoms with Gasteiger partial charge in [0.15, 0.2) is 0 Å². The van der Waals surface area contributed by atoms with Gasteiger partial charge in [-0.3, -0.25) is 4.21 Å². The molecular formula is C14H14FNOS. The summed E-state index contributed by atoms with van der Waals surface area (Å²) in [6, 6.07) is 13.7. The fraction of sp³-hybridized carbons (Fsp3) is 0.143. The Balaban J connectivity index is 2.21. The third-order valence-corrected chi connectivity index (χ3v) is 4.01. The first-order valence-electron chi connectivity index (χ1n) is 5.61. The van der Waals surface area contributed by atoms with Crippen molar-refractivity contribution in [3.05, 3.63) is 65.5 Å². The Bertz CT molecular complexity index is 557. The molecule has 18 heavy (non-hydrogen) atoms. The highest BCUT2D eigenvalue weighted by Gasteiger charge is 2.09. The Morgan fingerprint density at radius 2 is 1.83 bits per heavy atom. The molecule has 1 atom stereocenters. The molecule has 0 aliphatic carbocycles. The van der Waals surface area contributed by atoms with Gasteiger partial charge in [0.05, 0.1) is 16.6 Å². The van der Waals surface area contributed by atoms with Gasteiger partial charge in [-0.05, 0) is 23.8 Å². The quantitative estimate of drug-likeness (QED) is 0.921. The molecule has 2 aromatic rings. The van der Waals surface area contributed by atoms with E-state index in [9.17, 15) is 8.60 Å². The van der Waals surface area contributed by atoms with Crippen LogP contribution in [0.4, 0.5) is 4.39 Å². The molecule has 0 heterocycles. The predicted octanol–water partition coefficient (Wildman–Crippen LogP) is 2.59. The summed E-state index contributed by atoms with van der Waals surface area (Å²) in [5.41, 5.74) is 6.80. The van der Waals surface area contributed by atoms with E-state index in [0.29, 0.717) is 17.0 Å². The maximum atomic E-state index is 13.6. The monoisotopic (exact) mass is 263 g/mol. The van der Waals surface area contributed by atoms with E-state index in [-0.39, 0.29) is 11.6 Å². The lowest BCUT2D eigenvalue weighted by Gasteiger charge is -2.06. The summed E-state index contributed by atoms with van der Waals surface area (Å²) >= 11 is 0. The van der Waals surface area contributed by atoms with Crippen molar-refractivity contribution in [2.24, 2.45) is 5.73 Å². The Kier molecular flexibility index (Phi) is 4.23. The van der Waals surface area contributed by atoms with E-state index >= 15 is 0 Å². The number of hydrogen-bond donors (Lipinski definition) is 1. The average molecular weight is 263 g/mol. The zero-order chi connectivity index (χ0) is 13.0. The van der Waals surface area contributed by atoms with Gasteiger partial charge in [0.2, 0.25) is 0 Å².